The Hall–Kier alpha value is -3.97. The van der Waals surface area contributed by atoms with E-state index in [-0.39, 0.29) is 24.5 Å². The lowest BCUT2D eigenvalue weighted by Gasteiger charge is -2.27. The molecule has 6 nitrogen and oxygen atoms in total. The molecule has 0 spiro atoms. The minimum absolute atomic E-state index is 0.118. The molecule has 37 heavy (non-hydrogen) atoms. The zero-order valence-electron chi connectivity index (χ0n) is 21.3. The standard InChI is InChI=1S/C30H31N5OS/c1-4-22-12-8-9-16-26(22)35-20(2)18-24(21(35)3)29-28(25-15-10-11-17-31-25)33-30(37)34(29)19-27(36)32-23-13-6-5-7-14-23/h5-18,28-29H,4,19H2,1-3H3,(H,32,36)(H,33,37)/t28-,29+/m1/s1. The molecule has 5 rings (SSSR count). The van der Waals surface area contributed by atoms with Crippen molar-refractivity contribution in [3.63, 3.8) is 0 Å². The summed E-state index contributed by atoms with van der Waals surface area (Å²) < 4.78 is 2.31. The molecule has 7 heteroatoms. The topological polar surface area (TPSA) is 62.2 Å². The number of para-hydroxylation sites is 2. The highest BCUT2D eigenvalue weighted by atomic mass is 32.1. The van der Waals surface area contributed by atoms with Gasteiger partial charge in [-0.25, -0.2) is 0 Å². The maximum absolute atomic E-state index is 13.1. The first-order valence-corrected chi connectivity index (χ1v) is 13.0. The van der Waals surface area contributed by atoms with Gasteiger partial charge in [0.05, 0.1) is 17.8 Å². The van der Waals surface area contributed by atoms with E-state index in [0.29, 0.717) is 5.11 Å². The number of thiocarbonyl (C=S) groups is 1. The van der Waals surface area contributed by atoms with Crippen LogP contribution >= 0.6 is 12.2 Å². The summed E-state index contributed by atoms with van der Waals surface area (Å²) in [7, 11) is 0. The van der Waals surface area contributed by atoms with E-state index in [1.807, 2.05) is 53.4 Å². The summed E-state index contributed by atoms with van der Waals surface area (Å²) >= 11 is 5.79. The van der Waals surface area contributed by atoms with Crippen molar-refractivity contribution in [2.75, 3.05) is 11.9 Å². The summed E-state index contributed by atoms with van der Waals surface area (Å²) in [4.78, 5) is 19.8. The van der Waals surface area contributed by atoms with Crippen LogP contribution < -0.4 is 10.6 Å². The fraction of sp³-hybridized carbons (Fsp3) is 0.233. The van der Waals surface area contributed by atoms with Gasteiger partial charge in [-0.3, -0.25) is 9.78 Å². The van der Waals surface area contributed by atoms with Crippen molar-refractivity contribution in [3.8, 4) is 5.69 Å². The summed E-state index contributed by atoms with van der Waals surface area (Å²) in [6.07, 6.45) is 2.74. The number of hydrogen-bond donors (Lipinski definition) is 2. The van der Waals surface area contributed by atoms with Gasteiger partial charge in [0.25, 0.3) is 0 Å². The summed E-state index contributed by atoms with van der Waals surface area (Å²) in [6, 6.07) is 25.7. The van der Waals surface area contributed by atoms with Gasteiger partial charge < -0.3 is 20.1 Å². The molecule has 2 aromatic carbocycles. The Kier molecular flexibility index (Phi) is 7.06. The van der Waals surface area contributed by atoms with Crippen LogP contribution in [0.25, 0.3) is 5.69 Å². The molecule has 2 atom stereocenters. The highest BCUT2D eigenvalue weighted by Gasteiger charge is 2.42. The lowest BCUT2D eigenvalue weighted by Crippen LogP contribution is -2.37. The van der Waals surface area contributed by atoms with Gasteiger partial charge in [-0.05, 0) is 80.0 Å². The fourth-order valence-electron chi connectivity index (χ4n) is 5.28. The molecule has 0 saturated carbocycles. The van der Waals surface area contributed by atoms with Crippen molar-refractivity contribution in [1.82, 2.24) is 19.8 Å². The second kappa shape index (κ2) is 10.6. The van der Waals surface area contributed by atoms with E-state index >= 15 is 0 Å². The van der Waals surface area contributed by atoms with E-state index < -0.39 is 0 Å². The van der Waals surface area contributed by atoms with Crippen LogP contribution in [0.15, 0.2) is 85.1 Å². The van der Waals surface area contributed by atoms with Gasteiger partial charge in [-0.15, -0.1) is 0 Å². The van der Waals surface area contributed by atoms with Crippen molar-refractivity contribution >= 4 is 28.9 Å². The predicted octanol–water partition coefficient (Wildman–Crippen LogP) is 5.66. The minimum Gasteiger partial charge on any atom is -0.352 e. The smallest absolute Gasteiger partial charge is 0.244 e. The van der Waals surface area contributed by atoms with Gasteiger partial charge in [-0.1, -0.05) is 49.4 Å². The van der Waals surface area contributed by atoms with Gasteiger partial charge >= 0.3 is 0 Å². The molecule has 2 N–H and O–H groups in total. The number of hydrogen-bond acceptors (Lipinski definition) is 3. The number of pyridine rings is 1. The van der Waals surface area contributed by atoms with Crippen molar-refractivity contribution in [1.29, 1.82) is 0 Å². The van der Waals surface area contributed by atoms with Gasteiger partial charge in [0.15, 0.2) is 5.11 Å². The van der Waals surface area contributed by atoms with E-state index in [2.05, 4.69) is 71.3 Å². The van der Waals surface area contributed by atoms with Gasteiger partial charge in [-0.2, -0.15) is 0 Å². The van der Waals surface area contributed by atoms with E-state index in [9.17, 15) is 4.79 Å². The quantitative estimate of drug-likeness (QED) is 0.315. The third-order valence-corrected chi connectivity index (χ3v) is 7.32. The zero-order chi connectivity index (χ0) is 25.9. The highest BCUT2D eigenvalue weighted by molar-refractivity contribution is 7.80. The van der Waals surface area contributed by atoms with E-state index in [1.165, 1.54) is 11.3 Å². The average Bonchev–Trinajstić information content (AvgIpc) is 3.39. The molecule has 3 heterocycles. The molecule has 0 radical (unpaired) electrons. The summed E-state index contributed by atoms with van der Waals surface area (Å²) in [5, 5.41) is 7.01. The van der Waals surface area contributed by atoms with Crippen LogP contribution in [0.4, 0.5) is 5.69 Å². The second-order valence-electron chi connectivity index (χ2n) is 9.31. The summed E-state index contributed by atoms with van der Waals surface area (Å²) in [5.74, 6) is -0.118. The van der Waals surface area contributed by atoms with E-state index in [0.717, 1.165) is 34.8 Å². The van der Waals surface area contributed by atoms with Crippen molar-refractivity contribution < 1.29 is 4.79 Å². The second-order valence-corrected chi connectivity index (χ2v) is 9.70. The Bertz CT molecular complexity index is 1420. The number of rotatable bonds is 7. The Labute approximate surface area is 223 Å². The number of anilines is 1. The predicted molar refractivity (Wildman–Crippen MR) is 152 cm³/mol. The molecular formula is C30H31N5OS. The van der Waals surface area contributed by atoms with Gasteiger partial charge in [0.1, 0.15) is 6.54 Å². The maximum atomic E-state index is 13.1. The maximum Gasteiger partial charge on any atom is 0.244 e. The lowest BCUT2D eigenvalue weighted by atomic mass is 9.96. The summed E-state index contributed by atoms with van der Waals surface area (Å²) in [6.45, 7) is 6.58. The first-order chi connectivity index (χ1) is 18.0. The number of nitrogens with one attached hydrogen (secondary N) is 2. The first-order valence-electron chi connectivity index (χ1n) is 12.6. The molecule has 0 bridgehead atoms. The number of benzene rings is 2. The molecule has 1 amide bonds. The van der Waals surface area contributed by atoms with Crippen molar-refractivity contribution in [3.05, 3.63) is 113 Å². The number of carbonyl (C=O) groups excluding carboxylic acids is 1. The van der Waals surface area contributed by atoms with Crippen LogP contribution in [0.3, 0.4) is 0 Å². The van der Waals surface area contributed by atoms with Crippen LogP contribution in [0.1, 0.15) is 47.2 Å². The summed E-state index contributed by atoms with van der Waals surface area (Å²) in [5.41, 5.74) is 7.51. The van der Waals surface area contributed by atoms with E-state index in [4.69, 9.17) is 12.2 Å². The molecule has 0 unspecified atom stereocenters. The molecule has 2 aromatic heterocycles. The lowest BCUT2D eigenvalue weighted by molar-refractivity contribution is -0.116. The van der Waals surface area contributed by atoms with Crippen LogP contribution in [-0.4, -0.2) is 32.0 Å². The minimum atomic E-state index is -0.197. The average molecular weight is 510 g/mol. The number of aromatic nitrogens is 2. The molecule has 4 aromatic rings. The molecule has 1 aliphatic rings. The Morgan fingerprint density at radius 2 is 1.76 bits per heavy atom. The van der Waals surface area contributed by atoms with Crippen molar-refractivity contribution in [2.24, 2.45) is 0 Å². The number of carbonyl (C=O) groups is 1. The van der Waals surface area contributed by atoms with Crippen LogP contribution in [-0.2, 0) is 11.2 Å². The third-order valence-electron chi connectivity index (χ3n) is 6.97. The van der Waals surface area contributed by atoms with Crippen LogP contribution in [0, 0.1) is 13.8 Å². The first kappa shape index (κ1) is 24.7. The number of nitrogens with zero attached hydrogens (tertiary/aromatic N) is 3. The third kappa shape index (κ3) is 4.87. The van der Waals surface area contributed by atoms with Crippen LogP contribution in [0.5, 0.6) is 0 Å². The Morgan fingerprint density at radius 3 is 2.49 bits per heavy atom. The molecular weight excluding hydrogens is 478 g/mol. The largest absolute Gasteiger partial charge is 0.352 e. The number of amides is 1. The number of aryl methyl sites for hydroxylation is 2. The monoisotopic (exact) mass is 509 g/mol. The molecule has 1 aliphatic heterocycles. The fourth-order valence-corrected chi connectivity index (χ4v) is 5.58. The molecule has 1 fully saturated rings. The molecule has 188 valence electrons. The Balaban J connectivity index is 1.56. The Morgan fingerprint density at radius 1 is 1.03 bits per heavy atom. The molecule has 0 aliphatic carbocycles. The van der Waals surface area contributed by atoms with Gasteiger partial charge in [0, 0.05) is 29.0 Å². The van der Waals surface area contributed by atoms with E-state index in [1.54, 1.807) is 6.20 Å². The zero-order valence-corrected chi connectivity index (χ0v) is 22.1. The molecule has 1 saturated heterocycles. The van der Waals surface area contributed by atoms with Gasteiger partial charge in [0.2, 0.25) is 5.91 Å². The van der Waals surface area contributed by atoms with Crippen molar-refractivity contribution in [2.45, 2.75) is 39.3 Å². The normalized spacial score (nSPS) is 17.1. The highest BCUT2D eigenvalue weighted by Crippen LogP contribution is 2.41. The SMILES string of the molecule is CCc1ccccc1-n1c(C)cc([C@H]2[C@@H](c3ccccn3)NC(=S)N2CC(=O)Nc2ccccc2)c1C. The van der Waals surface area contributed by atoms with Crippen LogP contribution in [0.2, 0.25) is 0 Å².